The number of carboxylic acid groups (broad SMARTS) is 1. The summed E-state index contributed by atoms with van der Waals surface area (Å²) < 4.78 is 5.40. The molecule has 2 aromatic carbocycles. The van der Waals surface area contributed by atoms with Crippen molar-refractivity contribution in [1.29, 1.82) is 0 Å². The van der Waals surface area contributed by atoms with Gasteiger partial charge in [0.15, 0.2) is 6.61 Å². The van der Waals surface area contributed by atoms with E-state index in [0.29, 0.717) is 5.75 Å². The summed E-state index contributed by atoms with van der Waals surface area (Å²) in [5, 5.41) is 9.95. The molecule has 0 bridgehead atoms. The third kappa shape index (κ3) is 3.36. The van der Waals surface area contributed by atoms with Crippen molar-refractivity contribution in [2.45, 2.75) is 11.8 Å². The number of aromatic nitrogens is 1. The third-order valence-electron chi connectivity index (χ3n) is 3.74. The lowest BCUT2D eigenvalue weighted by Crippen LogP contribution is -2.10. The maximum Gasteiger partial charge on any atom is 0.341 e. The molecule has 122 valence electrons. The standard InChI is InChI=1S/C19H17NO3S/c1-12-9-17(20-16-8-7-13(24-2)10-15(12)16)14-5-3-4-6-18(14)23-11-19(21)22/h3-10H,11H2,1-2H3,(H,21,22). The van der Waals surface area contributed by atoms with Crippen molar-refractivity contribution in [2.75, 3.05) is 12.9 Å². The van der Waals surface area contributed by atoms with Crippen molar-refractivity contribution in [3.63, 3.8) is 0 Å². The Hall–Kier alpha value is -2.53. The Bertz CT molecular complexity index is 908. The molecule has 1 N–H and O–H groups in total. The highest BCUT2D eigenvalue weighted by molar-refractivity contribution is 7.98. The maximum atomic E-state index is 10.8. The smallest absolute Gasteiger partial charge is 0.341 e. The van der Waals surface area contributed by atoms with E-state index in [1.54, 1.807) is 17.8 Å². The minimum absolute atomic E-state index is 0.374. The van der Waals surface area contributed by atoms with Gasteiger partial charge in [-0.25, -0.2) is 9.78 Å². The number of aryl methyl sites for hydroxylation is 1. The second-order valence-corrected chi connectivity index (χ2v) is 6.27. The first kappa shape index (κ1) is 16.3. The molecule has 24 heavy (non-hydrogen) atoms. The van der Waals surface area contributed by atoms with E-state index in [2.05, 4.69) is 19.1 Å². The predicted octanol–water partition coefficient (Wildman–Crippen LogP) is 4.40. The summed E-state index contributed by atoms with van der Waals surface area (Å²) in [6, 6.07) is 15.6. The van der Waals surface area contributed by atoms with Crippen molar-refractivity contribution in [2.24, 2.45) is 0 Å². The molecule has 5 heteroatoms. The molecular formula is C19H17NO3S. The average molecular weight is 339 g/mol. The molecule has 0 amide bonds. The van der Waals surface area contributed by atoms with Crippen LogP contribution in [-0.2, 0) is 4.79 Å². The molecule has 0 fully saturated rings. The monoisotopic (exact) mass is 339 g/mol. The summed E-state index contributed by atoms with van der Waals surface area (Å²) in [6.45, 7) is 1.68. The number of rotatable bonds is 5. The summed E-state index contributed by atoms with van der Waals surface area (Å²) in [5.41, 5.74) is 3.60. The quantitative estimate of drug-likeness (QED) is 0.698. The number of nitrogens with zero attached hydrogens (tertiary/aromatic N) is 1. The second-order valence-electron chi connectivity index (χ2n) is 5.39. The van der Waals surface area contributed by atoms with Gasteiger partial charge < -0.3 is 9.84 Å². The fraction of sp³-hybridized carbons (Fsp3) is 0.158. The van der Waals surface area contributed by atoms with Crippen LogP contribution in [0.5, 0.6) is 5.75 Å². The van der Waals surface area contributed by atoms with Gasteiger partial charge in [0, 0.05) is 15.8 Å². The van der Waals surface area contributed by atoms with Crippen LogP contribution in [0.3, 0.4) is 0 Å². The number of pyridine rings is 1. The first-order chi connectivity index (χ1) is 11.6. The van der Waals surface area contributed by atoms with Crippen LogP contribution in [-0.4, -0.2) is 28.9 Å². The van der Waals surface area contributed by atoms with E-state index in [0.717, 1.165) is 27.7 Å². The number of benzene rings is 2. The number of para-hydroxylation sites is 1. The van der Waals surface area contributed by atoms with Crippen LogP contribution < -0.4 is 4.74 Å². The zero-order valence-electron chi connectivity index (χ0n) is 13.4. The van der Waals surface area contributed by atoms with Crippen LogP contribution in [0.15, 0.2) is 53.4 Å². The maximum absolute atomic E-state index is 10.8. The highest BCUT2D eigenvalue weighted by atomic mass is 32.2. The minimum Gasteiger partial charge on any atom is -0.481 e. The molecule has 0 saturated carbocycles. The summed E-state index contributed by atoms with van der Waals surface area (Å²) >= 11 is 1.70. The van der Waals surface area contributed by atoms with Gasteiger partial charge in [-0.3, -0.25) is 0 Å². The van der Waals surface area contributed by atoms with Gasteiger partial charge in [-0.05, 0) is 55.1 Å². The molecule has 0 aliphatic heterocycles. The van der Waals surface area contributed by atoms with Gasteiger partial charge in [-0.2, -0.15) is 0 Å². The summed E-state index contributed by atoms with van der Waals surface area (Å²) in [7, 11) is 0. The molecule has 3 aromatic rings. The molecule has 4 nitrogen and oxygen atoms in total. The lowest BCUT2D eigenvalue weighted by atomic mass is 10.0. The van der Waals surface area contributed by atoms with Crippen molar-refractivity contribution < 1.29 is 14.6 Å². The van der Waals surface area contributed by atoms with Crippen LogP contribution in [0, 0.1) is 6.92 Å². The predicted molar refractivity (Wildman–Crippen MR) is 96.8 cm³/mol. The number of hydrogen-bond donors (Lipinski definition) is 1. The average Bonchev–Trinajstić information content (AvgIpc) is 2.59. The van der Waals surface area contributed by atoms with Gasteiger partial charge in [-0.1, -0.05) is 12.1 Å². The molecule has 0 unspecified atom stereocenters. The van der Waals surface area contributed by atoms with E-state index in [4.69, 9.17) is 14.8 Å². The van der Waals surface area contributed by atoms with Gasteiger partial charge in [-0.15, -0.1) is 11.8 Å². The van der Waals surface area contributed by atoms with Crippen molar-refractivity contribution in [1.82, 2.24) is 4.98 Å². The molecule has 0 atom stereocenters. The Morgan fingerprint density at radius 2 is 2.00 bits per heavy atom. The third-order valence-corrected chi connectivity index (χ3v) is 4.46. The van der Waals surface area contributed by atoms with Gasteiger partial charge in [0.2, 0.25) is 0 Å². The fourth-order valence-corrected chi connectivity index (χ4v) is 3.02. The van der Waals surface area contributed by atoms with Crippen LogP contribution in [0.1, 0.15) is 5.56 Å². The van der Waals surface area contributed by atoms with E-state index < -0.39 is 5.97 Å². The number of fused-ring (bicyclic) bond motifs is 1. The SMILES string of the molecule is CSc1ccc2nc(-c3ccccc3OCC(=O)O)cc(C)c2c1. The van der Waals surface area contributed by atoms with Crippen LogP contribution >= 0.6 is 11.8 Å². The number of aliphatic carboxylic acids is 1. The van der Waals surface area contributed by atoms with Gasteiger partial charge in [0.1, 0.15) is 5.75 Å². The molecule has 3 rings (SSSR count). The largest absolute Gasteiger partial charge is 0.481 e. The molecule has 1 heterocycles. The first-order valence-corrected chi connectivity index (χ1v) is 8.70. The summed E-state index contributed by atoms with van der Waals surface area (Å²) in [6.07, 6.45) is 2.05. The van der Waals surface area contributed by atoms with Gasteiger partial charge in [0.25, 0.3) is 0 Å². The molecule has 1 aromatic heterocycles. The first-order valence-electron chi connectivity index (χ1n) is 7.48. The number of ether oxygens (including phenoxy) is 1. The number of carbonyl (C=O) groups is 1. The van der Waals surface area contributed by atoms with Crippen LogP contribution in [0.2, 0.25) is 0 Å². The van der Waals surface area contributed by atoms with E-state index in [9.17, 15) is 4.79 Å². The van der Waals surface area contributed by atoms with E-state index in [1.165, 1.54) is 4.90 Å². The second kappa shape index (κ2) is 6.93. The summed E-state index contributed by atoms with van der Waals surface area (Å²) in [4.78, 5) is 16.7. The molecule has 0 saturated heterocycles. The van der Waals surface area contributed by atoms with Gasteiger partial charge in [0.05, 0.1) is 11.2 Å². The summed E-state index contributed by atoms with van der Waals surface area (Å²) in [5.74, 6) is -0.482. The van der Waals surface area contributed by atoms with E-state index in [1.807, 2.05) is 36.6 Å². The van der Waals surface area contributed by atoms with Crippen LogP contribution in [0.25, 0.3) is 22.2 Å². The normalized spacial score (nSPS) is 10.8. The lowest BCUT2D eigenvalue weighted by molar-refractivity contribution is -0.139. The molecule has 0 aliphatic carbocycles. The molecule has 0 radical (unpaired) electrons. The molecule has 0 aliphatic rings. The number of thioether (sulfide) groups is 1. The van der Waals surface area contributed by atoms with Crippen molar-refractivity contribution in [3.8, 4) is 17.0 Å². The Morgan fingerprint density at radius 1 is 1.21 bits per heavy atom. The number of hydrogen-bond acceptors (Lipinski definition) is 4. The zero-order chi connectivity index (χ0) is 17.1. The highest BCUT2D eigenvalue weighted by Crippen LogP contribution is 2.32. The highest BCUT2D eigenvalue weighted by Gasteiger charge is 2.11. The van der Waals surface area contributed by atoms with Crippen molar-refractivity contribution in [3.05, 3.63) is 54.1 Å². The number of carboxylic acids is 1. The topological polar surface area (TPSA) is 59.4 Å². The molecular weight excluding hydrogens is 322 g/mol. The fourth-order valence-electron chi connectivity index (χ4n) is 2.58. The molecule has 0 spiro atoms. The Kier molecular flexibility index (Phi) is 4.71. The van der Waals surface area contributed by atoms with E-state index >= 15 is 0 Å². The lowest BCUT2D eigenvalue weighted by Gasteiger charge is -2.12. The minimum atomic E-state index is -1.00. The Labute approximate surface area is 144 Å². The van der Waals surface area contributed by atoms with Crippen LogP contribution in [0.4, 0.5) is 0 Å². The van der Waals surface area contributed by atoms with Gasteiger partial charge >= 0.3 is 5.97 Å². The zero-order valence-corrected chi connectivity index (χ0v) is 14.3. The van der Waals surface area contributed by atoms with E-state index in [-0.39, 0.29) is 6.61 Å². The Balaban J connectivity index is 2.08. The van der Waals surface area contributed by atoms with Crippen molar-refractivity contribution >= 4 is 28.6 Å². The Morgan fingerprint density at radius 3 is 2.75 bits per heavy atom.